The van der Waals surface area contributed by atoms with Crippen LogP contribution in [0.4, 0.5) is 4.79 Å². The number of nitrogens with one attached hydrogen (secondary N) is 1. The van der Waals surface area contributed by atoms with E-state index in [0.29, 0.717) is 6.54 Å². The van der Waals surface area contributed by atoms with Gasteiger partial charge in [0.25, 0.3) is 5.91 Å². The van der Waals surface area contributed by atoms with Gasteiger partial charge in [-0.25, -0.2) is 14.8 Å². The molecule has 0 saturated heterocycles. The second-order valence-electron chi connectivity index (χ2n) is 3.32. The lowest BCUT2D eigenvalue weighted by Crippen LogP contribution is -2.29. The maximum Gasteiger partial charge on any atom is 0.407 e. The summed E-state index contributed by atoms with van der Waals surface area (Å²) in [6.07, 6.45) is 5.75. The van der Waals surface area contributed by atoms with E-state index < -0.39 is 18.6 Å². The van der Waals surface area contributed by atoms with Gasteiger partial charge in [0.15, 0.2) is 6.61 Å². The van der Waals surface area contributed by atoms with Gasteiger partial charge in [0.1, 0.15) is 6.33 Å². The number of carbonyl (C=O) groups is 2. The second-order valence-corrected chi connectivity index (χ2v) is 3.32. The molecular formula is C10H14N4O3. The van der Waals surface area contributed by atoms with Gasteiger partial charge >= 0.3 is 6.09 Å². The Hall–Kier alpha value is -2.18. The number of alkyl carbamates (subject to hydrolysis) is 1. The van der Waals surface area contributed by atoms with E-state index in [4.69, 9.17) is 5.73 Å². The molecule has 0 fully saturated rings. The lowest BCUT2D eigenvalue weighted by molar-refractivity contribution is -0.120. The molecule has 0 aromatic carbocycles. The zero-order valence-electron chi connectivity index (χ0n) is 9.26. The Kier molecular flexibility index (Phi) is 5.42. The van der Waals surface area contributed by atoms with Crippen LogP contribution in [0.1, 0.15) is 12.0 Å². The number of rotatable bonds is 6. The van der Waals surface area contributed by atoms with Crippen LogP contribution >= 0.6 is 0 Å². The molecule has 0 spiro atoms. The van der Waals surface area contributed by atoms with Gasteiger partial charge in [-0.15, -0.1) is 0 Å². The molecule has 3 N–H and O–H groups in total. The molecule has 0 bridgehead atoms. The van der Waals surface area contributed by atoms with E-state index in [1.54, 1.807) is 12.4 Å². The highest BCUT2D eigenvalue weighted by Gasteiger charge is 2.03. The largest absolute Gasteiger partial charge is 0.439 e. The van der Waals surface area contributed by atoms with Crippen molar-refractivity contribution >= 4 is 12.0 Å². The van der Waals surface area contributed by atoms with E-state index in [2.05, 4.69) is 20.0 Å². The number of amides is 2. The van der Waals surface area contributed by atoms with Crippen LogP contribution in [0.15, 0.2) is 18.7 Å². The number of nitrogens with two attached hydrogens (primary N) is 1. The van der Waals surface area contributed by atoms with Crippen molar-refractivity contribution in [1.82, 2.24) is 15.3 Å². The van der Waals surface area contributed by atoms with Crippen LogP contribution in [0.5, 0.6) is 0 Å². The minimum absolute atomic E-state index is 0.404. The topological polar surface area (TPSA) is 107 Å². The van der Waals surface area contributed by atoms with Crippen LogP contribution < -0.4 is 11.1 Å². The molecule has 1 aromatic heterocycles. The summed E-state index contributed by atoms with van der Waals surface area (Å²) in [4.78, 5) is 29.1. The number of aromatic nitrogens is 2. The highest BCUT2D eigenvalue weighted by molar-refractivity contribution is 5.78. The number of aryl methyl sites for hydroxylation is 1. The summed E-state index contributed by atoms with van der Waals surface area (Å²) in [6, 6.07) is 0. The monoisotopic (exact) mass is 238 g/mol. The highest BCUT2D eigenvalue weighted by Crippen LogP contribution is 1.97. The van der Waals surface area contributed by atoms with Crippen LogP contribution in [-0.2, 0) is 16.0 Å². The number of hydrogen-bond donors (Lipinski definition) is 2. The molecule has 1 aromatic rings. The quantitative estimate of drug-likeness (QED) is 0.657. The molecule has 17 heavy (non-hydrogen) atoms. The average molecular weight is 238 g/mol. The van der Waals surface area contributed by atoms with E-state index in [1.807, 2.05) is 0 Å². The molecule has 0 atom stereocenters. The number of ether oxygens (including phenoxy) is 1. The van der Waals surface area contributed by atoms with Crippen molar-refractivity contribution in [3.8, 4) is 0 Å². The summed E-state index contributed by atoms with van der Waals surface area (Å²) in [5.74, 6) is -0.679. The Morgan fingerprint density at radius 3 is 2.71 bits per heavy atom. The van der Waals surface area contributed by atoms with Crippen molar-refractivity contribution in [3.63, 3.8) is 0 Å². The molecular weight excluding hydrogens is 224 g/mol. The lowest BCUT2D eigenvalue weighted by atomic mass is 10.2. The molecule has 92 valence electrons. The van der Waals surface area contributed by atoms with E-state index in [1.165, 1.54) is 6.33 Å². The van der Waals surface area contributed by atoms with Crippen LogP contribution in [0.2, 0.25) is 0 Å². The van der Waals surface area contributed by atoms with Gasteiger partial charge in [-0.05, 0) is 18.4 Å². The van der Waals surface area contributed by atoms with Crippen LogP contribution in [-0.4, -0.2) is 35.1 Å². The number of primary amides is 1. The maximum absolute atomic E-state index is 11.0. The second kappa shape index (κ2) is 7.15. The normalized spacial score (nSPS) is 9.65. The zero-order chi connectivity index (χ0) is 12.5. The van der Waals surface area contributed by atoms with Crippen LogP contribution in [0, 0.1) is 0 Å². The van der Waals surface area contributed by atoms with E-state index in [0.717, 1.165) is 18.4 Å². The summed E-state index contributed by atoms with van der Waals surface area (Å²) < 4.78 is 4.51. The highest BCUT2D eigenvalue weighted by atomic mass is 16.6. The van der Waals surface area contributed by atoms with Crippen molar-refractivity contribution in [3.05, 3.63) is 24.3 Å². The molecule has 0 aliphatic carbocycles. The van der Waals surface area contributed by atoms with Gasteiger partial charge in [-0.1, -0.05) is 0 Å². The Morgan fingerprint density at radius 2 is 2.06 bits per heavy atom. The SMILES string of the molecule is NC(=O)COC(=O)NCCCc1cncnc1. The lowest BCUT2D eigenvalue weighted by Gasteiger charge is -2.05. The Labute approximate surface area is 98.4 Å². The molecule has 0 saturated carbocycles. The predicted octanol–water partition coefficient (Wildman–Crippen LogP) is -0.379. The van der Waals surface area contributed by atoms with Crippen LogP contribution in [0.3, 0.4) is 0 Å². The molecule has 7 heteroatoms. The average Bonchev–Trinajstić information content (AvgIpc) is 2.33. The first-order valence-electron chi connectivity index (χ1n) is 5.11. The predicted molar refractivity (Wildman–Crippen MR) is 58.9 cm³/mol. The van der Waals surface area contributed by atoms with Gasteiger partial charge in [0.05, 0.1) is 0 Å². The summed E-state index contributed by atoms with van der Waals surface area (Å²) in [6.45, 7) is 0.0465. The van der Waals surface area contributed by atoms with Crippen molar-refractivity contribution in [2.24, 2.45) is 5.73 Å². The molecule has 0 radical (unpaired) electrons. The van der Waals surface area contributed by atoms with Gasteiger partial charge in [0.2, 0.25) is 0 Å². The van der Waals surface area contributed by atoms with E-state index in [-0.39, 0.29) is 0 Å². The first kappa shape index (κ1) is 12.9. The standard InChI is InChI=1S/C10H14N4O3/c11-9(15)6-17-10(16)14-3-1-2-8-4-12-7-13-5-8/h4-5,7H,1-3,6H2,(H2,11,15)(H,14,16). The Bertz CT molecular complexity index is 369. The van der Waals surface area contributed by atoms with E-state index >= 15 is 0 Å². The third-order valence-electron chi connectivity index (χ3n) is 1.87. The summed E-state index contributed by atoms with van der Waals surface area (Å²) >= 11 is 0. The van der Waals surface area contributed by atoms with Crippen molar-refractivity contribution in [1.29, 1.82) is 0 Å². The van der Waals surface area contributed by atoms with Gasteiger partial charge in [-0.2, -0.15) is 0 Å². The summed E-state index contributed by atoms with van der Waals surface area (Å²) in [7, 11) is 0. The van der Waals surface area contributed by atoms with Crippen molar-refractivity contribution in [2.75, 3.05) is 13.2 Å². The molecule has 0 aliphatic rings. The third kappa shape index (κ3) is 6.08. The first-order chi connectivity index (χ1) is 8.18. The summed E-state index contributed by atoms with van der Waals surface area (Å²) in [5.41, 5.74) is 5.81. The smallest absolute Gasteiger partial charge is 0.407 e. The molecule has 0 aliphatic heterocycles. The van der Waals surface area contributed by atoms with E-state index in [9.17, 15) is 9.59 Å². The molecule has 7 nitrogen and oxygen atoms in total. The minimum atomic E-state index is -0.679. The zero-order valence-corrected chi connectivity index (χ0v) is 9.26. The van der Waals surface area contributed by atoms with Gasteiger partial charge in [-0.3, -0.25) is 4.79 Å². The molecule has 2 amide bonds. The Morgan fingerprint density at radius 1 is 1.35 bits per heavy atom. The third-order valence-corrected chi connectivity index (χ3v) is 1.87. The fourth-order valence-electron chi connectivity index (χ4n) is 1.13. The summed E-state index contributed by atoms with van der Waals surface area (Å²) in [5, 5.41) is 2.50. The molecule has 1 rings (SSSR count). The Balaban J connectivity index is 2.08. The van der Waals surface area contributed by atoms with Gasteiger partial charge in [0, 0.05) is 18.9 Å². The maximum atomic E-state index is 11.0. The molecule has 1 heterocycles. The van der Waals surface area contributed by atoms with Crippen molar-refractivity contribution < 1.29 is 14.3 Å². The van der Waals surface area contributed by atoms with Crippen LogP contribution in [0.25, 0.3) is 0 Å². The van der Waals surface area contributed by atoms with Gasteiger partial charge < -0.3 is 15.8 Å². The number of hydrogen-bond acceptors (Lipinski definition) is 5. The number of carbonyl (C=O) groups excluding carboxylic acids is 2. The number of nitrogens with zero attached hydrogens (tertiary/aromatic N) is 2. The first-order valence-corrected chi connectivity index (χ1v) is 5.11. The fourth-order valence-corrected chi connectivity index (χ4v) is 1.13. The minimum Gasteiger partial charge on any atom is -0.439 e. The fraction of sp³-hybridized carbons (Fsp3) is 0.400. The van der Waals surface area contributed by atoms with Crippen molar-refractivity contribution in [2.45, 2.75) is 12.8 Å². The molecule has 0 unspecified atom stereocenters.